The van der Waals surface area contributed by atoms with Crippen LogP contribution in [-0.4, -0.2) is 40.2 Å². The fourth-order valence-electron chi connectivity index (χ4n) is 3.77. The van der Waals surface area contributed by atoms with Crippen molar-refractivity contribution in [1.29, 1.82) is 0 Å². The molecule has 31 heavy (non-hydrogen) atoms. The number of piperidine rings is 1. The van der Waals surface area contributed by atoms with Gasteiger partial charge in [0, 0.05) is 18.8 Å². The third kappa shape index (κ3) is 6.19. The van der Waals surface area contributed by atoms with Gasteiger partial charge in [-0.3, -0.25) is 9.10 Å². The van der Waals surface area contributed by atoms with Crippen LogP contribution in [0.4, 0.5) is 15.8 Å². The van der Waals surface area contributed by atoms with Gasteiger partial charge in [0.15, 0.2) is 0 Å². The topological polar surface area (TPSA) is 69.7 Å². The molecule has 8 heteroatoms. The summed E-state index contributed by atoms with van der Waals surface area (Å²) in [5.41, 5.74) is 2.22. The summed E-state index contributed by atoms with van der Waals surface area (Å²) in [7, 11) is -3.75. The number of amides is 1. The smallest absolute Gasteiger partial charge is 0.241 e. The van der Waals surface area contributed by atoms with Crippen molar-refractivity contribution >= 4 is 27.3 Å². The molecule has 0 radical (unpaired) electrons. The molecule has 0 aromatic heterocycles. The molecule has 0 spiro atoms. The van der Waals surface area contributed by atoms with E-state index in [4.69, 9.17) is 0 Å². The van der Waals surface area contributed by atoms with Crippen molar-refractivity contribution in [1.82, 2.24) is 5.32 Å². The van der Waals surface area contributed by atoms with Gasteiger partial charge in [0.25, 0.3) is 0 Å². The van der Waals surface area contributed by atoms with E-state index in [-0.39, 0.29) is 11.7 Å². The Balaban J connectivity index is 1.64. The van der Waals surface area contributed by atoms with Crippen LogP contribution < -0.4 is 14.5 Å². The standard InChI is InChI=1S/C23H30FN3O3S/c1-17-11-13-26(14-12-17)21-9-7-19(8-10-21)18(2)25-23(28)16-27(31(3,29)30)22-6-4-5-20(24)15-22/h4-10,15,17-18H,11-14,16H2,1-3H3,(H,25,28)/t18-/m1/s1. The van der Waals surface area contributed by atoms with Gasteiger partial charge in [-0.25, -0.2) is 12.8 Å². The summed E-state index contributed by atoms with van der Waals surface area (Å²) in [5.74, 6) is -0.260. The lowest BCUT2D eigenvalue weighted by molar-refractivity contribution is -0.120. The van der Waals surface area contributed by atoms with Gasteiger partial charge in [0.1, 0.15) is 12.4 Å². The quantitative estimate of drug-likeness (QED) is 0.703. The molecule has 1 aliphatic heterocycles. The van der Waals surface area contributed by atoms with Gasteiger partial charge in [0.05, 0.1) is 18.0 Å². The van der Waals surface area contributed by atoms with Crippen LogP contribution in [0.3, 0.4) is 0 Å². The first-order valence-electron chi connectivity index (χ1n) is 10.5. The van der Waals surface area contributed by atoms with Crippen LogP contribution in [0.1, 0.15) is 38.3 Å². The normalized spacial score (nSPS) is 16.1. The molecular weight excluding hydrogens is 417 g/mol. The van der Waals surface area contributed by atoms with Gasteiger partial charge in [-0.1, -0.05) is 25.1 Å². The second-order valence-electron chi connectivity index (χ2n) is 8.30. The second kappa shape index (κ2) is 9.68. The fourth-order valence-corrected chi connectivity index (χ4v) is 4.62. The maximum Gasteiger partial charge on any atom is 0.241 e. The Labute approximate surface area is 184 Å². The summed E-state index contributed by atoms with van der Waals surface area (Å²) in [5, 5.41) is 2.84. The number of sulfonamides is 1. The molecule has 0 bridgehead atoms. The predicted octanol–water partition coefficient (Wildman–Crippen LogP) is 3.71. The van der Waals surface area contributed by atoms with Gasteiger partial charge < -0.3 is 10.2 Å². The van der Waals surface area contributed by atoms with Crippen LogP contribution in [0.5, 0.6) is 0 Å². The number of nitrogens with one attached hydrogen (secondary N) is 1. The molecule has 2 aromatic rings. The predicted molar refractivity (Wildman–Crippen MR) is 122 cm³/mol. The number of hydrogen-bond acceptors (Lipinski definition) is 4. The Bertz CT molecular complexity index is 1000. The zero-order valence-electron chi connectivity index (χ0n) is 18.2. The molecule has 0 unspecified atom stereocenters. The molecule has 1 saturated heterocycles. The summed E-state index contributed by atoms with van der Waals surface area (Å²) in [6.45, 7) is 5.81. The minimum Gasteiger partial charge on any atom is -0.372 e. The van der Waals surface area contributed by atoms with E-state index in [1.807, 2.05) is 19.1 Å². The lowest BCUT2D eigenvalue weighted by atomic mass is 9.98. The largest absolute Gasteiger partial charge is 0.372 e. The number of anilines is 2. The van der Waals surface area contributed by atoms with Gasteiger partial charge in [-0.15, -0.1) is 0 Å². The van der Waals surface area contributed by atoms with Crippen molar-refractivity contribution in [3.63, 3.8) is 0 Å². The summed E-state index contributed by atoms with van der Waals surface area (Å²) >= 11 is 0. The van der Waals surface area contributed by atoms with E-state index >= 15 is 0 Å². The summed E-state index contributed by atoms with van der Waals surface area (Å²) in [6.07, 6.45) is 3.38. The van der Waals surface area contributed by atoms with Crippen LogP contribution in [0.2, 0.25) is 0 Å². The molecule has 1 N–H and O–H groups in total. The summed E-state index contributed by atoms with van der Waals surface area (Å²) in [4.78, 5) is 14.9. The van der Waals surface area contributed by atoms with Crippen LogP contribution in [-0.2, 0) is 14.8 Å². The van der Waals surface area contributed by atoms with Crippen LogP contribution >= 0.6 is 0 Å². The van der Waals surface area contributed by atoms with E-state index in [1.165, 1.54) is 36.7 Å². The third-order valence-corrected chi connectivity index (χ3v) is 6.84. The van der Waals surface area contributed by atoms with Crippen molar-refractivity contribution in [2.75, 3.05) is 35.1 Å². The van der Waals surface area contributed by atoms with E-state index in [9.17, 15) is 17.6 Å². The summed E-state index contributed by atoms with van der Waals surface area (Å²) in [6, 6.07) is 13.0. The monoisotopic (exact) mass is 447 g/mol. The summed E-state index contributed by atoms with van der Waals surface area (Å²) < 4.78 is 38.8. The Kier molecular flexibility index (Phi) is 7.20. The van der Waals surface area contributed by atoms with Crippen LogP contribution in [0, 0.1) is 11.7 Å². The van der Waals surface area contributed by atoms with Crippen LogP contribution in [0.15, 0.2) is 48.5 Å². The highest BCUT2D eigenvalue weighted by atomic mass is 32.2. The van der Waals surface area contributed by atoms with Gasteiger partial charge in [0.2, 0.25) is 15.9 Å². The lowest BCUT2D eigenvalue weighted by Crippen LogP contribution is -2.41. The first-order valence-corrected chi connectivity index (χ1v) is 12.4. The fraction of sp³-hybridized carbons (Fsp3) is 0.435. The molecule has 3 rings (SSSR count). The SMILES string of the molecule is CC1CCN(c2ccc([C@@H](C)NC(=O)CN(c3cccc(F)c3)S(C)(=O)=O)cc2)CC1. The minimum atomic E-state index is -3.75. The maximum atomic E-state index is 13.5. The van der Waals surface area contributed by atoms with Crippen molar-refractivity contribution in [3.05, 3.63) is 59.9 Å². The Hall–Kier alpha value is -2.61. The zero-order valence-corrected chi connectivity index (χ0v) is 19.0. The molecule has 6 nitrogen and oxygen atoms in total. The molecule has 0 saturated carbocycles. The molecule has 1 atom stereocenters. The average molecular weight is 448 g/mol. The minimum absolute atomic E-state index is 0.116. The van der Waals surface area contributed by atoms with E-state index in [0.29, 0.717) is 0 Å². The van der Waals surface area contributed by atoms with Gasteiger partial charge in [-0.05, 0) is 61.6 Å². The molecule has 2 aromatic carbocycles. The molecule has 1 fully saturated rings. The number of carbonyl (C=O) groups is 1. The highest BCUT2D eigenvalue weighted by Crippen LogP contribution is 2.25. The number of benzene rings is 2. The van der Waals surface area contributed by atoms with Gasteiger partial charge in [-0.2, -0.15) is 0 Å². The number of rotatable bonds is 7. The highest BCUT2D eigenvalue weighted by molar-refractivity contribution is 7.92. The van der Waals surface area contributed by atoms with E-state index < -0.39 is 28.3 Å². The molecule has 0 aliphatic carbocycles. The first kappa shape index (κ1) is 23.1. The van der Waals surface area contributed by atoms with Crippen molar-refractivity contribution < 1.29 is 17.6 Å². The number of halogens is 1. The molecule has 168 valence electrons. The van der Waals surface area contributed by atoms with E-state index in [2.05, 4.69) is 29.3 Å². The number of hydrogen-bond donors (Lipinski definition) is 1. The number of nitrogens with zero attached hydrogens (tertiary/aromatic N) is 2. The van der Waals surface area contributed by atoms with Gasteiger partial charge >= 0.3 is 0 Å². The lowest BCUT2D eigenvalue weighted by Gasteiger charge is -2.32. The third-order valence-electron chi connectivity index (χ3n) is 5.70. The average Bonchev–Trinajstić information content (AvgIpc) is 2.72. The van der Waals surface area contributed by atoms with Crippen LogP contribution in [0.25, 0.3) is 0 Å². The maximum absolute atomic E-state index is 13.5. The Morgan fingerprint density at radius 1 is 1.19 bits per heavy atom. The Morgan fingerprint density at radius 3 is 2.42 bits per heavy atom. The van der Waals surface area contributed by atoms with Crippen molar-refractivity contribution in [3.8, 4) is 0 Å². The number of carbonyl (C=O) groups excluding carboxylic acids is 1. The highest BCUT2D eigenvalue weighted by Gasteiger charge is 2.22. The Morgan fingerprint density at radius 2 is 1.84 bits per heavy atom. The van der Waals surface area contributed by atoms with Crippen molar-refractivity contribution in [2.45, 2.75) is 32.7 Å². The first-order chi connectivity index (χ1) is 14.6. The molecular formula is C23H30FN3O3S. The molecule has 1 heterocycles. The molecule has 1 aliphatic rings. The van der Waals surface area contributed by atoms with Crippen molar-refractivity contribution in [2.24, 2.45) is 5.92 Å². The van der Waals surface area contributed by atoms with E-state index in [1.54, 1.807) is 0 Å². The second-order valence-corrected chi connectivity index (χ2v) is 10.2. The van der Waals surface area contributed by atoms with E-state index in [0.717, 1.165) is 41.2 Å². The molecule has 1 amide bonds. The zero-order chi connectivity index (χ0) is 22.6.